The molecule has 2 rings (SSSR count). The van der Waals surface area contributed by atoms with E-state index in [9.17, 15) is 0 Å². The second-order valence-corrected chi connectivity index (χ2v) is 3.75. The summed E-state index contributed by atoms with van der Waals surface area (Å²) in [6.45, 7) is 2.34. The maximum atomic E-state index is 4.13. The number of hydrogen-bond acceptors (Lipinski definition) is 3. The van der Waals surface area contributed by atoms with Crippen LogP contribution in [0.3, 0.4) is 0 Å². The van der Waals surface area contributed by atoms with E-state index in [4.69, 9.17) is 0 Å². The second-order valence-electron chi connectivity index (χ2n) is 3.75. The van der Waals surface area contributed by atoms with E-state index in [1.165, 1.54) is 38.0 Å². The molecule has 1 aromatic rings. The normalized spacial score (nSPS) is 18.1. The molecule has 0 unspecified atom stereocenters. The average Bonchev–Trinajstić information content (AvgIpc) is 2.30. The van der Waals surface area contributed by atoms with Gasteiger partial charge in [-0.25, -0.2) is 5.01 Å². The van der Waals surface area contributed by atoms with Crippen LogP contribution >= 0.6 is 0 Å². The molecule has 1 aliphatic rings. The van der Waals surface area contributed by atoms with E-state index in [2.05, 4.69) is 28.1 Å². The van der Waals surface area contributed by atoms with Crippen molar-refractivity contribution in [3.05, 3.63) is 24.5 Å². The van der Waals surface area contributed by atoms with Crippen molar-refractivity contribution in [3.63, 3.8) is 0 Å². The fourth-order valence-electron chi connectivity index (χ4n) is 1.89. The minimum atomic E-state index is 1.17. The van der Waals surface area contributed by atoms with Crippen molar-refractivity contribution < 1.29 is 0 Å². The van der Waals surface area contributed by atoms with E-state index < -0.39 is 0 Å². The molecule has 0 saturated carbocycles. The van der Waals surface area contributed by atoms with Crippen molar-refractivity contribution in [2.24, 2.45) is 0 Å². The van der Waals surface area contributed by atoms with E-state index >= 15 is 0 Å². The van der Waals surface area contributed by atoms with Gasteiger partial charge in [0.05, 0.1) is 11.9 Å². The lowest BCUT2D eigenvalue weighted by atomic mass is 10.2. The van der Waals surface area contributed by atoms with Gasteiger partial charge in [0.15, 0.2) is 0 Å². The number of aromatic nitrogens is 1. The first-order valence-electron chi connectivity index (χ1n) is 5.26. The van der Waals surface area contributed by atoms with Crippen LogP contribution in [0.15, 0.2) is 24.5 Å². The molecule has 3 nitrogen and oxygen atoms in total. The molecule has 0 aromatic carbocycles. The monoisotopic (exact) mass is 191 g/mol. The SMILES string of the molecule is CN(c1cccnc1)N1CCCCC1. The van der Waals surface area contributed by atoms with Gasteiger partial charge in [-0.1, -0.05) is 6.42 Å². The molecule has 14 heavy (non-hydrogen) atoms. The Kier molecular flexibility index (Phi) is 2.99. The molecule has 0 radical (unpaired) electrons. The predicted octanol–water partition coefficient (Wildman–Crippen LogP) is 1.92. The maximum absolute atomic E-state index is 4.13. The molecule has 1 fully saturated rings. The van der Waals surface area contributed by atoms with Crippen LogP contribution in [0.4, 0.5) is 5.69 Å². The molecular formula is C11H17N3. The van der Waals surface area contributed by atoms with E-state index in [-0.39, 0.29) is 0 Å². The standard InChI is InChI=1S/C11H17N3/c1-13(11-6-5-7-12-10-11)14-8-3-2-4-9-14/h5-7,10H,2-4,8-9H2,1H3. The van der Waals surface area contributed by atoms with Crippen molar-refractivity contribution in [3.8, 4) is 0 Å². The highest BCUT2D eigenvalue weighted by Gasteiger charge is 2.14. The van der Waals surface area contributed by atoms with Gasteiger partial charge in [0.1, 0.15) is 0 Å². The third-order valence-electron chi connectivity index (χ3n) is 2.78. The summed E-state index contributed by atoms with van der Waals surface area (Å²) in [5.41, 5.74) is 1.18. The Labute approximate surface area is 85.3 Å². The number of piperidine rings is 1. The Morgan fingerprint density at radius 3 is 2.71 bits per heavy atom. The van der Waals surface area contributed by atoms with Crippen molar-refractivity contribution in [1.29, 1.82) is 0 Å². The summed E-state index contributed by atoms with van der Waals surface area (Å²) in [4.78, 5) is 4.13. The van der Waals surface area contributed by atoms with Gasteiger partial charge >= 0.3 is 0 Å². The Morgan fingerprint density at radius 2 is 2.07 bits per heavy atom. The lowest BCUT2D eigenvalue weighted by molar-refractivity contribution is 0.220. The number of rotatable bonds is 2. The minimum absolute atomic E-state index is 1.17. The Bertz CT molecular complexity index is 267. The van der Waals surface area contributed by atoms with Gasteiger partial charge < -0.3 is 5.01 Å². The lowest BCUT2D eigenvalue weighted by Gasteiger charge is -2.35. The fourth-order valence-corrected chi connectivity index (χ4v) is 1.89. The largest absolute Gasteiger partial charge is 0.307 e. The number of nitrogens with zero attached hydrogens (tertiary/aromatic N) is 3. The molecule has 0 atom stereocenters. The van der Waals surface area contributed by atoms with Crippen LogP contribution < -0.4 is 5.01 Å². The summed E-state index contributed by atoms with van der Waals surface area (Å²) in [7, 11) is 2.11. The summed E-state index contributed by atoms with van der Waals surface area (Å²) in [6.07, 6.45) is 7.72. The molecule has 1 saturated heterocycles. The van der Waals surface area contributed by atoms with Gasteiger partial charge in [0.25, 0.3) is 0 Å². The minimum Gasteiger partial charge on any atom is -0.307 e. The highest BCUT2D eigenvalue weighted by molar-refractivity contribution is 5.41. The molecule has 0 spiro atoms. The van der Waals surface area contributed by atoms with Gasteiger partial charge in [-0.15, -0.1) is 0 Å². The third-order valence-corrected chi connectivity index (χ3v) is 2.78. The summed E-state index contributed by atoms with van der Waals surface area (Å²) in [5, 5.41) is 4.60. The molecule has 1 aromatic heterocycles. The Hall–Kier alpha value is -1.09. The first kappa shape index (κ1) is 9.46. The third kappa shape index (κ3) is 2.04. The van der Waals surface area contributed by atoms with Gasteiger partial charge in [-0.2, -0.15) is 0 Å². The first-order valence-corrected chi connectivity index (χ1v) is 5.26. The molecular weight excluding hydrogens is 174 g/mol. The molecule has 3 heteroatoms. The van der Waals surface area contributed by atoms with Crippen molar-refractivity contribution in [1.82, 2.24) is 9.99 Å². The summed E-state index contributed by atoms with van der Waals surface area (Å²) < 4.78 is 0. The summed E-state index contributed by atoms with van der Waals surface area (Å²) in [5.74, 6) is 0. The zero-order valence-corrected chi connectivity index (χ0v) is 8.69. The highest BCUT2D eigenvalue weighted by Crippen LogP contribution is 2.16. The van der Waals surface area contributed by atoms with E-state index in [1.54, 1.807) is 0 Å². The predicted molar refractivity (Wildman–Crippen MR) is 58.1 cm³/mol. The number of pyridine rings is 1. The van der Waals surface area contributed by atoms with Gasteiger partial charge in [0.2, 0.25) is 0 Å². The molecule has 0 N–H and O–H groups in total. The number of anilines is 1. The smallest absolute Gasteiger partial charge is 0.0702 e. The van der Waals surface area contributed by atoms with Crippen LogP contribution in [-0.4, -0.2) is 30.1 Å². The van der Waals surface area contributed by atoms with Crippen LogP contribution in [0.1, 0.15) is 19.3 Å². The number of hydrogen-bond donors (Lipinski definition) is 0. The topological polar surface area (TPSA) is 19.4 Å². The van der Waals surface area contributed by atoms with Crippen molar-refractivity contribution in [2.45, 2.75) is 19.3 Å². The second kappa shape index (κ2) is 4.42. The van der Waals surface area contributed by atoms with Crippen LogP contribution in [0.25, 0.3) is 0 Å². The molecule has 0 bridgehead atoms. The van der Waals surface area contributed by atoms with Crippen molar-refractivity contribution in [2.75, 3.05) is 25.1 Å². The Balaban J connectivity index is 2.03. The van der Waals surface area contributed by atoms with E-state index in [1.807, 2.05) is 18.5 Å². The highest BCUT2D eigenvalue weighted by atomic mass is 15.6. The van der Waals surface area contributed by atoms with Gasteiger partial charge in [-0.05, 0) is 25.0 Å². The van der Waals surface area contributed by atoms with E-state index in [0.29, 0.717) is 0 Å². The fraction of sp³-hybridized carbons (Fsp3) is 0.545. The van der Waals surface area contributed by atoms with Crippen LogP contribution in [0, 0.1) is 0 Å². The van der Waals surface area contributed by atoms with Crippen LogP contribution in [-0.2, 0) is 0 Å². The summed E-state index contributed by atoms with van der Waals surface area (Å²) in [6, 6.07) is 4.08. The molecule has 76 valence electrons. The molecule has 2 heterocycles. The van der Waals surface area contributed by atoms with Crippen molar-refractivity contribution >= 4 is 5.69 Å². The van der Waals surface area contributed by atoms with Crippen LogP contribution in [0.5, 0.6) is 0 Å². The van der Waals surface area contributed by atoms with E-state index in [0.717, 1.165) is 0 Å². The molecule has 1 aliphatic heterocycles. The number of hydrazine groups is 1. The van der Waals surface area contributed by atoms with Gasteiger partial charge in [-0.3, -0.25) is 4.98 Å². The lowest BCUT2D eigenvalue weighted by Crippen LogP contribution is -2.43. The van der Waals surface area contributed by atoms with Gasteiger partial charge in [0, 0.05) is 26.3 Å². The molecule has 0 amide bonds. The first-order chi connectivity index (χ1) is 6.88. The average molecular weight is 191 g/mol. The Morgan fingerprint density at radius 1 is 1.29 bits per heavy atom. The quantitative estimate of drug-likeness (QED) is 0.712. The zero-order chi connectivity index (χ0) is 9.80. The maximum Gasteiger partial charge on any atom is 0.0702 e. The molecule has 0 aliphatic carbocycles. The van der Waals surface area contributed by atoms with Crippen LogP contribution in [0.2, 0.25) is 0 Å². The zero-order valence-electron chi connectivity index (χ0n) is 8.69. The summed E-state index contributed by atoms with van der Waals surface area (Å²) >= 11 is 0.